The molecule has 0 radical (unpaired) electrons. The molecule has 12 heteroatoms. The highest BCUT2D eigenvalue weighted by atomic mass is 79.9. The maximum Gasteiger partial charge on any atom is 0.243 e. The Hall–Kier alpha value is -3.22. The maximum atomic E-state index is 14.3. The summed E-state index contributed by atoms with van der Waals surface area (Å²) in [6.07, 6.45) is 1.60. The average Bonchev–Trinajstić information content (AvgIpc) is 3.47. The van der Waals surface area contributed by atoms with Gasteiger partial charge in [0.05, 0.1) is 25.0 Å². The van der Waals surface area contributed by atoms with Crippen molar-refractivity contribution < 1.29 is 14.0 Å². The number of hydrogen-bond acceptors (Lipinski definition) is 6. The van der Waals surface area contributed by atoms with Gasteiger partial charge in [0, 0.05) is 22.9 Å². The smallest absolute Gasteiger partial charge is 0.243 e. The highest BCUT2D eigenvalue weighted by Crippen LogP contribution is 2.25. The Morgan fingerprint density at radius 2 is 1.97 bits per heavy atom. The van der Waals surface area contributed by atoms with Crippen molar-refractivity contribution in [3.63, 3.8) is 0 Å². The molecule has 2 amide bonds. The number of benzene rings is 2. The molecule has 37 heavy (non-hydrogen) atoms. The molecule has 0 spiro atoms. The fraction of sp³-hybridized carbons (Fsp3) is 0.240. The minimum absolute atomic E-state index is 0.0246. The van der Waals surface area contributed by atoms with Crippen LogP contribution in [0, 0.1) is 16.7 Å². The molecule has 1 aliphatic heterocycles. The number of hydrogen-bond donors (Lipinski definition) is 0. The summed E-state index contributed by atoms with van der Waals surface area (Å²) >= 11 is 10.2. The molecule has 0 saturated carbocycles. The Bertz CT molecular complexity index is 1510. The lowest BCUT2D eigenvalue weighted by molar-refractivity contribution is -0.146. The van der Waals surface area contributed by atoms with E-state index in [1.54, 1.807) is 28.1 Å². The van der Waals surface area contributed by atoms with Crippen molar-refractivity contribution >= 4 is 51.3 Å². The Balaban J connectivity index is 1.23. The number of piperazine rings is 1. The third-order valence-electron chi connectivity index (χ3n) is 6.15. The average molecular weight is 602 g/mol. The van der Waals surface area contributed by atoms with E-state index in [0.717, 1.165) is 16.8 Å². The van der Waals surface area contributed by atoms with Crippen molar-refractivity contribution in [1.82, 2.24) is 29.4 Å². The Morgan fingerprint density at radius 3 is 2.70 bits per heavy atom. The van der Waals surface area contributed by atoms with Crippen LogP contribution < -0.4 is 0 Å². The van der Waals surface area contributed by atoms with E-state index in [0.29, 0.717) is 27.2 Å². The van der Waals surface area contributed by atoms with Crippen LogP contribution in [0.15, 0.2) is 58.5 Å². The Morgan fingerprint density at radius 1 is 1.19 bits per heavy atom. The lowest BCUT2D eigenvalue weighted by Gasteiger charge is -2.34. The van der Waals surface area contributed by atoms with Crippen molar-refractivity contribution in [2.24, 2.45) is 0 Å². The first-order valence-corrected chi connectivity index (χ1v) is 13.5. The van der Waals surface area contributed by atoms with Crippen molar-refractivity contribution in [3.05, 3.63) is 79.5 Å². The Labute approximate surface area is 230 Å². The normalized spacial score (nSPS) is 13.9. The molecule has 1 aliphatic rings. The van der Waals surface area contributed by atoms with Gasteiger partial charge in [-0.05, 0) is 52.8 Å². The number of para-hydroxylation sites is 1. The molecule has 3 heterocycles. The van der Waals surface area contributed by atoms with Gasteiger partial charge in [-0.15, -0.1) is 16.4 Å². The fourth-order valence-electron chi connectivity index (χ4n) is 4.14. The number of carbonyl (C=O) groups is 2. The van der Waals surface area contributed by atoms with Gasteiger partial charge in [-0.1, -0.05) is 41.1 Å². The van der Waals surface area contributed by atoms with Crippen LogP contribution >= 0.6 is 39.5 Å². The van der Waals surface area contributed by atoms with Crippen LogP contribution in [0.5, 0.6) is 0 Å². The summed E-state index contributed by atoms with van der Waals surface area (Å²) < 4.78 is 18.6. The zero-order chi connectivity index (χ0) is 26.1. The lowest BCUT2D eigenvalue weighted by atomic mass is 10.1. The fourth-order valence-corrected chi connectivity index (χ4v) is 5.73. The van der Waals surface area contributed by atoms with Gasteiger partial charge in [0.1, 0.15) is 23.7 Å². The highest BCUT2D eigenvalue weighted by molar-refractivity contribution is 9.10. The molecule has 1 fully saturated rings. The van der Waals surface area contributed by atoms with E-state index in [9.17, 15) is 14.0 Å². The molecule has 5 rings (SSSR count). The first-order chi connectivity index (χ1) is 17.8. The second-order valence-electron chi connectivity index (χ2n) is 8.69. The minimum atomic E-state index is -0.440. The second-order valence-corrected chi connectivity index (χ2v) is 11.1. The number of nitrogens with zero attached hydrogens (tertiary/aromatic N) is 6. The SMILES string of the molecule is Cc1ccc(-c2csc(=S)n2CC(=O)N2CCN(Cc3cn(-c4c(F)cccc4Br)nn3)C(=O)C2)cc1. The van der Waals surface area contributed by atoms with Crippen LogP contribution in [0.4, 0.5) is 4.39 Å². The van der Waals surface area contributed by atoms with Gasteiger partial charge in [-0.2, -0.15) is 0 Å². The molecule has 2 aromatic heterocycles. The third-order valence-corrected chi connectivity index (χ3v) is 8.07. The van der Waals surface area contributed by atoms with Crippen molar-refractivity contribution in [2.75, 3.05) is 19.6 Å². The number of halogens is 2. The molecule has 190 valence electrons. The van der Waals surface area contributed by atoms with Gasteiger partial charge < -0.3 is 14.4 Å². The summed E-state index contributed by atoms with van der Waals surface area (Å²) in [5.74, 6) is -0.787. The van der Waals surface area contributed by atoms with Crippen LogP contribution in [-0.4, -0.2) is 60.8 Å². The number of carbonyl (C=O) groups excluding carboxylic acids is 2. The van der Waals surface area contributed by atoms with Crippen molar-refractivity contribution in [1.29, 1.82) is 0 Å². The number of amides is 2. The zero-order valence-corrected chi connectivity index (χ0v) is 23.0. The monoisotopic (exact) mass is 600 g/mol. The van der Waals surface area contributed by atoms with E-state index in [2.05, 4.69) is 26.2 Å². The minimum Gasteiger partial charge on any atom is -0.333 e. The molecule has 1 saturated heterocycles. The van der Waals surface area contributed by atoms with E-state index in [-0.39, 0.29) is 37.1 Å². The largest absolute Gasteiger partial charge is 0.333 e. The van der Waals surface area contributed by atoms with Crippen LogP contribution in [0.3, 0.4) is 0 Å². The molecular weight excluding hydrogens is 579 g/mol. The van der Waals surface area contributed by atoms with Crippen LogP contribution in [0.1, 0.15) is 11.3 Å². The molecule has 4 aromatic rings. The standard InChI is InChI=1S/C25H22BrFN6O2S2/c1-16-5-7-17(8-6-16)21-15-37-25(36)32(21)14-23(35)31-10-9-30(22(34)13-31)11-18-12-33(29-28-18)24-19(26)3-2-4-20(24)27/h2-8,12,15H,9-11,13-14H2,1H3. The first-order valence-electron chi connectivity index (χ1n) is 11.5. The summed E-state index contributed by atoms with van der Waals surface area (Å²) in [7, 11) is 0. The van der Waals surface area contributed by atoms with Gasteiger partial charge in [0.25, 0.3) is 0 Å². The quantitative estimate of drug-likeness (QED) is 0.302. The van der Waals surface area contributed by atoms with E-state index in [1.807, 2.05) is 41.1 Å². The number of rotatable bonds is 6. The van der Waals surface area contributed by atoms with Crippen molar-refractivity contribution in [3.8, 4) is 16.9 Å². The van der Waals surface area contributed by atoms with Crippen LogP contribution in [-0.2, 0) is 22.7 Å². The zero-order valence-electron chi connectivity index (χ0n) is 19.8. The summed E-state index contributed by atoms with van der Waals surface area (Å²) in [6.45, 7) is 3.05. The van der Waals surface area contributed by atoms with Gasteiger partial charge in [0.2, 0.25) is 11.8 Å². The summed E-state index contributed by atoms with van der Waals surface area (Å²) in [5.41, 5.74) is 3.80. The van der Waals surface area contributed by atoms with Gasteiger partial charge in [-0.25, -0.2) is 9.07 Å². The number of thiazole rings is 1. The van der Waals surface area contributed by atoms with E-state index < -0.39 is 5.82 Å². The second kappa shape index (κ2) is 10.6. The van der Waals surface area contributed by atoms with Crippen LogP contribution in [0.25, 0.3) is 16.9 Å². The first kappa shape index (κ1) is 25.4. The molecule has 0 bridgehead atoms. The topological polar surface area (TPSA) is 76.3 Å². The predicted octanol–water partition coefficient (Wildman–Crippen LogP) is 4.61. The summed E-state index contributed by atoms with van der Waals surface area (Å²) in [4.78, 5) is 29.2. The molecule has 0 aliphatic carbocycles. The number of aromatic nitrogens is 4. The van der Waals surface area contributed by atoms with Gasteiger partial charge >= 0.3 is 0 Å². The maximum absolute atomic E-state index is 14.3. The molecule has 2 aromatic carbocycles. The van der Waals surface area contributed by atoms with E-state index in [4.69, 9.17) is 12.2 Å². The molecule has 0 N–H and O–H groups in total. The molecule has 0 atom stereocenters. The number of aryl methyl sites for hydroxylation is 1. The van der Waals surface area contributed by atoms with Crippen molar-refractivity contribution in [2.45, 2.75) is 20.0 Å². The third kappa shape index (κ3) is 5.41. The van der Waals surface area contributed by atoms with Gasteiger partial charge in [0.15, 0.2) is 3.95 Å². The predicted molar refractivity (Wildman–Crippen MR) is 144 cm³/mol. The highest BCUT2D eigenvalue weighted by Gasteiger charge is 2.28. The molecular formula is C25H22BrFN6O2S2. The van der Waals surface area contributed by atoms with Gasteiger partial charge in [-0.3, -0.25) is 9.59 Å². The van der Waals surface area contributed by atoms with E-state index in [1.165, 1.54) is 22.1 Å². The molecule has 0 unspecified atom stereocenters. The summed E-state index contributed by atoms with van der Waals surface area (Å²) in [5, 5.41) is 10.1. The summed E-state index contributed by atoms with van der Waals surface area (Å²) in [6, 6.07) is 12.7. The van der Waals surface area contributed by atoms with Crippen LogP contribution in [0.2, 0.25) is 0 Å². The molecule has 8 nitrogen and oxygen atoms in total. The Kier molecular flexibility index (Phi) is 7.31. The van der Waals surface area contributed by atoms with E-state index >= 15 is 0 Å². The lowest BCUT2D eigenvalue weighted by Crippen LogP contribution is -2.52.